The first-order valence-corrected chi connectivity index (χ1v) is 11.2. The van der Waals surface area contributed by atoms with Gasteiger partial charge in [0.1, 0.15) is 11.6 Å². The van der Waals surface area contributed by atoms with Crippen molar-refractivity contribution in [3.8, 4) is 0 Å². The Morgan fingerprint density at radius 1 is 1.12 bits per heavy atom. The van der Waals surface area contributed by atoms with E-state index in [9.17, 15) is 29.1 Å². The van der Waals surface area contributed by atoms with Crippen LogP contribution in [0.3, 0.4) is 0 Å². The summed E-state index contributed by atoms with van der Waals surface area (Å²) >= 11 is 0. The van der Waals surface area contributed by atoms with Crippen LogP contribution in [0.25, 0.3) is 0 Å². The number of rotatable bonds is 3. The molecule has 1 aromatic rings. The minimum Gasteiger partial charge on any atom is -0.444 e. The smallest absolute Gasteiger partial charge is 0.410 e. The van der Waals surface area contributed by atoms with Gasteiger partial charge in [0.2, 0.25) is 11.8 Å². The van der Waals surface area contributed by atoms with Gasteiger partial charge in [-0.15, -0.1) is 0 Å². The molecule has 0 saturated carbocycles. The van der Waals surface area contributed by atoms with Crippen molar-refractivity contribution >= 4 is 35.4 Å². The quantitative estimate of drug-likeness (QED) is 0.607. The number of fused-ring (bicyclic) bond motifs is 1. The number of carbonyl (C=O) groups excluding carboxylic acids is 5. The molecule has 2 atom stereocenters. The first-order chi connectivity index (χ1) is 16.0. The second-order valence-electron chi connectivity index (χ2n) is 9.63. The van der Waals surface area contributed by atoms with E-state index in [2.05, 4.69) is 5.32 Å². The standard InChI is InChI=1S/C23H28N4O7/c1-23(2,3)34-22(33)26-9-8-25(11-14(26)12-28)13-4-5-15-16(10-13)21(32)27(20(15)31)17-6-7-18(29)24-19(17)30/h4-5,10,14,17,28H,6-9,11-12H2,1-3H3,(H,24,29,30)/t14-,17?/m1/s1. The van der Waals surface area contributed by atoms with Gasteiger partial charge in [0.05, 0.1) is 23.8 Å². The maximum Gasteiger partial charge on any atom is 0.410 e. The molecule has 2 N–H and O–H groups in total. The average molecular weight is 472 g/mol. The Balaban J connectivity index is 1.51. The van der Waals surface area contributed by atoms with Gasteiger partial charge >= 0.3 is 6.09 Å². The van der Waals surface area contributed by atoms with Crippen molar-refractivity contribution in [1.82, 2.24) is 15.1 Å². The number of aliphatic hydroxyl groups excluding tert-OH is 1. The number of hydrogen-bond acceptors (Lipinski definition) is 8. The predicted octanol–water partition coefficient (Wildman–Crippen LogP) is 0.506. The zero-order valence-corrected chi connectivity index (χ0v) is 19.4. The maximum absolute atomic E-state index is 13.1. The highest BCUT2D eigenvalue weighted by Crippen LogP contribution is 2.31. The first kappa shape index (κ1) is 23.7. The molecule has 11 heteroatoms. The topological polar surface area (TPSA) is 137 Å². The highest BCUT2D eigenvalue weighted by molar-refractivity contribution is 6.23. The normalized spacial score (nSPS) is 23.2. The first-order valence-electron chi connectivity index (χ1n) is 11.2. The summed E-state index contributed by atoms with van der Waals surface area (Å²) in [5.74, 6) is -2.23. The van der Waals surface area contributed by atoms with Gasteiger partial charge < -0.3 is 14.7 Å². The molecule has 0 spiro atoms. The molecule has 182 valence electrons. The van der Waals surface area contributed by atoms with Gasteiger partial charge in [-0.2, -0.15) is 0 Å². The van der Waals surface area contributed by atoms with Gasteiger partial charge in [0, 0.05) is 31.7 Å². The molecule has 3 aliphatic heterocycles. The highest BCUT2D eigenvalue weighted by Gasteiger charge is 2.45. The zero-order valence-electron chi connectivity index (χ0n) is 19.4. The highest BCUT2D eigenvalue weighted by atomic mass is 16.6. The lowest BCUT2D eigenvalue weighted by Crippen LogP contribution is -2.57. The van der Waals surface area contributed by atoms with E-state index >= 15 is 0 Å². The number of nitrogens with zero attached hydrogens (tertiary/aromatic N) is 3. The van der Waals surface area contributed by atoms with Gasteiger partial charge in [-0.1, -0.05) is 0 Å². The van der Waals surface area contributed by atoms with Crippen molar-refractivity contribution in [3.05, 3.63) is 29.3 Å². The molecule has 5 amide bonds. The van der Waals surface area contributed by atoms with Gasteiger partial charge in [0.15, 0.2) is 0 Å². The molecule has 3 aliphatic rings. The van der Waals surface area contributed by atoms with E-state index in [1.165, 1.54) is 4.90 Å². The number of ether oxygens (including phenoxy) is 1. The molecule has 11 nitrogen and oxygen atoms in total. The molecule has 0 aliphatic carbocycles. The zero-order chi connectivity index (χ0) is 24.8. The summed E-state index contributed by atoms with van der Waals surface area (Å²) in [6.07, 6.45) is -0.353. The molecule has 34 heavy (non-hydrogen) atoms. The Morgan fingerprint density at radius 3 is 2.47 bits per heavy atom. The number of amides is 5. The Morgan fingerprint density at radius 2 is 1.82 bits per heavy atom. The summed E-state index contributed by atoms with van der Waals surface area (Å²) < 4.78 is 5.44. The number of piperazine rings is 1. The van der Waals surface area contributed by atoms with Crippen molar-refractivity contribution < 1.29 is 33.8 Å². The third-order valence-electron chi connectivity index (χ3n) is 6.11. The fourth-order valence-electron chi connectivity index (χ4n) is 4.46. The molecule has 0 bridgehead atoms. The lowest BCUT2D eigenvalue weighted by molar-refractivity contribution is -0.136. The van der Waals surface area contributed by atoms with Crippen LogP contribution in [0.2, 0.25) is 0 Å². The Bertz CT molecular complexity index is 1060. The van der Waals surface area contributed by atoms with Crippen molar-refractivity contribution in [3.63, 3.8) is 0 Å². The number of carbonyl (C=O) groups is 5. The molecule has 0 aromatic heterocycles. The van der Waals surface area contributed by atoms with Crippen molar-refractivity contribution in [2.45, 2.75) is 51.3 Å². The van der Waals surface area contributed by atoms with Crippen LogP contribution in [0, 0.1) is 0 Å². The van der Waals surface area contributed by atoms with Crippen LogP contribution in [-0.4, -0.2) is 88.6 Å². The van der Waals surface area contributed by atoms with Gasteiger partial charge in [-0.05, 0) is 45.4 Å². The Kier molecular flexibility index (Phi) is 6.07. The number of aliphatic hydroxyl groups is 1. The van der Waals surface area contributed by atoms with Crippen LogP contribution < -0.4 is 10.2 Å². The number of benzene rings is 1. The van der Waals surface area contributed by atoms with Gasteiger partial charge in [0.25, 0.3) is 11.8 Å². The fourth-order valence-corrected chi connectivity index (χ4v) is 4.46. The van der Waals surface area contributed by atoms with Crippen LogP contribution in [0.5, 0.6) is 0 Å². The number of imide groups is 2. The summed E-state index contributed by atoms with van der Waals surface area (Å²) in [7, 11) is 0. The van der Waals surface area contributed by atoms with Gasteiger partial charge in [-0.3, -0.25) is 34.3 Å². The largest absolute Gasteiger partial charge is 0.444 e. The second-order valence-corrected chi connectivity index (χ2v) is 9.63. The van der Waals surface area contributed by atoms with E-state index in [1.54, 1.807) is 39.0 Å². The van der Waals surface area contributed by atoms with Crippen LogP contribution in [0.1, 0.15) is 54.3 Å². The van der Waals surface area contributed by atoms with Crippen molar-refractivity contribution in [2.75, 3.05) is 31.1 Å². The fraction of sp³-hybridized carbons (Fsp3) is 0.522. The van der Waals surface area contributed by atoms with Crippen LogP contribution in [0.15, 0.2) is 18.2 Å². The number of nitrogens with one attached hydrogen (secondary N) is 1. The molecule has 3 heterocycles. The average Bonchev–Trinajstić information content (AvgIpc) is 3.02. The lowest BCUT2D eigenvalue weighted by atomic mass is 10.0. The lowest BCUT2D eigenvalue weighted by Gasteiger charge is -2.42. The van der Waals surface area contributed by atoms with Crippen molar-refractivity contribution in [2.24, 2.45) is 0 Å². The molecule has 0 radical (unpaired) electrons. The number of anilines is 1. The molecule has 1 aromatic carbocycles. The summed E-state index contributed by atoms with van der Waals surface area (Å²) in [6, 6.07) is 3.32. The summed E-state index contributed by atoms with van der Waals surface area (Å²) in [4.78, 5) is 66.5. The molecular weight excluding hydrogens is 444 g/mol. The van der Waals surface area contributed by atoms with E-state index in [0.717, 1.165) is 4.90 Å². The molecular formula is C23H28N4O7. The van der Waals surface area contributed by atoms with Crippen molar-refractivity contribution in [1.29, 1.82) is 0 Å². The van der Waals surface area contributed by atoms with Gasteiger partial charge in [-0.25, -0.2) is 4.79 Å². The maximum atomic E-state index is 13.1. The summed E-state index contributed by atoms with van der Waals surface area (Å²) in [5, 5.41) is 12.1. The Labute approximate surface area is 196 Å². The predicted molar refractivity (Wildman–Crippen MR) is 119 cm³/mol. The summed E-state index contributed by atoms with van der Waals surface area (Å²) in [6.45, 7) is 6.12. The molecule has 4 rings (SSSR count). The van der Waals surface area contributed by atoms with E-state index in [0.29, 0.717) is 25.3 Å². The monoisotopic (exact) mass is 472 g/mol. The SMILES string of the molecule is CC(C)(C)OC(=O)N1CCN(c2ccc3c(c2)C(=O)N(C2CCC(=O)NC2=O)C3=O)C[C@@H]1CO. The minimum absolute atomic E-state index is 0.0551. The molecule has 2 saturated heterocycles. The Hall–Kier alpha value is -3.47. The van der Waals surface area contributed by atoms with Crippen LogP contribution >= 0.6 is 0 Å². The third-order valence-corrected chi connectivity index (χ3v) is 6.11. The van der Waals surface area contributed by atoms with E-state index in [-0.39, 0.29) is 30.6 Å². The molecule has 2 fully saturated rings. The molecule has 1 unspecified atom stereocenters. The van der Waals surface area contributed by atoms with Crippen LogP contribution in [0.4, 0.5) is 10.5 Å². The second kappa shape index (κ2) is 8.71. The van der Waals surface area contributed by atoms with Crippen LogP contribution in [-0.2, 0) is 14.3 Å². The minimum atomic E-state index is -1.02. The number of hydrogen-bond donors (Lipinski definition) is 2. The van der Waals surface area contributed by atoms with E-state index < -0.39 is 47.4 Å². The third kappa shape index (κ3) is 4.35. The van der Waals surface area contributed by atoms with E-state index in [1.807, 2.05) is 4.90 Å². The number of piperidine rings is 1. The van der Waals surface area contributed by atoms with E-state index in [4.69, 9.17) is 4.74 Å². The summed E-state index contributed by atoms with van der Waals surface area (Å²) in [5.41, 5.74) is 0.384.